The SMILES string of the molecule is O=C(/C=C/c1ccc(-c2ccccc2[N+](=O)[O-])o1)c1ccc(-c2ccc(Cl)cc2Cl)o1. The van der Waals surface area contributed by atoms with E-state index in [1.165, 1.54) is 18.2 Å². The monoisotopic (exact) mass is 453 g/mol. The molecule has 0 spiro atoms. The summed E-state index contributed by atoms with van der Waals surface area (Å²) in [5.74, 6) is 0.893. The lowest BCUT2D eigenvalue weighted by Crippen LogP contribution is -1.90. The summed E-state index contributed by atoms with van der Waals surface area (Å²) in [6.07, 6.45) is 2.77. The highest BCUT2D eigenvalue weighted by molar-refractivity contribution is 6.36. The molecule has 31 heavy (non-hydrogen) atoms. The Balaban J connectivity index is 1.52. The molecule has 0 fully saturated rings. The van der Waals surface area contributed by atoms with E-state index < -0.39 is 4.92 Å². The van der Waals surface area contributed by atoms with Crippen molar-refractivity contribution >= 4 is 40.7 Å². The standard InChI is InChI=1S/C23H13Cl2NO5/c24-14-5-8-16(18(25)13-14)21-11-12-23(31-21)20(27)9-6-15-7-10-22(30-15)17-3-1-2-4-19(17)26(28)29/h1-13H/b9-6+. The van der Waals surface area contributed by atoms with Crippen molar-refractivity contribution in [2.24, 2.45) is 0 Å². The number of carbonyl (C=O) groups is 1. The van der Waals surface area contributed by atoms with Gasteiger partial charge in [0, 0.05) is 16.7 Å². The van der Waals surface area contributed by atoms with Gasteiger partial charge in [-0.15, -0.1) is 0 Å². The fourth-order valence-corrected chi connectivity index (χ4v) is 3.47. The molecule has 154 valence electrons. The molecule has 0 radical (unpaired) electrons. The first kappa shape index (κ1) is 20.7. The first-order valence-corrected chi connectivity index (χ1v) is 9.79. The topological polar surface area (TPSA) is 86.5 Å². The number of para-hydroxylation sites is 1. The highest BCUT2D eigenvalue weighted by atomic mass is 35.5. The van der Waals surface area contributed by atoms with Gasteiger partial charge in [-0.2, -0.15) is 0 Å². The van der Waals surface area contributed by atoms with E-state index in [1.807, 2.05) is 0 Å². The van der Waals surface area contributed by atoms with Crippen LogP contribution in [0.2, 0.25) is 10.0 Å². The smallest absolute Gasteiger partial charge is 0.280 e. The largest absolute Gasteiger partial charge is 0.456 e. The summed E-state index contributed by atoms with van der Waals surface area (Å²) in [5.41, 5.74) is 0.913. The number of benzene rings is 2. The minimum absolute atomic E-state index is 0.0626. The van der Waals surface area contributed by atoms with Gasteiger partial charge in [0.2, 0.25) is 5.78 Å². The van der Waals surface area contributed by atoms with E-state index in [9.17, 15) is 14.9 Å². The average molecular weight is 454 g/mol. The fourth-order valence-electron chi connectivity index (χ4n) is 2.97. The molecule has 0 unspecified atom stereocenters. The lowest BCUT2D eigenvalue weighted by Gasteiger charge is -2.00. The van der Waals surface area contributed by atoms with Gasteiger partial charge in [0.1, 0.15) is 17.3 Å². The van der Waals surface area contributed by atoms with Crippen molar-refractivity contribution in [2.45, 2.75) is 0 Å². The van der Waals surface area contributed by atoms with Crippen molar-refractivity contribution in [3.8, 4) is 22.6 Å². The summed E-state index contributed by atoms with van der Waals surface area (Å²) in [4.78, 5) is 23.2. The van der Waals surface area contributed by atoms with E-state index in [0.29, 0.717) is 38.5 Å². The Labute approximate surface area is 186 Å². The highest BCUT2D eigenvalue weighted by Gasteiger charge is 2.17. The zero-order chi connectivity index (χ0) is 22.0. The zero-order valence-corrected chi connectivity index (χ0v) is 17.3. The summed E-state index contributed by atoms with van der Waals surface area (Å²) < 4.78 is 11.3. The van der Waals surface area contributed by atoms with Crippen molar-refractivity contribution in [2.75, 3.05) is 0 Å². The van der Waals surface area contributed by atoms with Gasteiger partial charge in [-0.1, -0.05) is 35.3 Å². The van der Waals surface area contributed by atoms with E-state index in [2.05, 4.69) is 0 Å². The molecule has 0 bridgehead atoms. The van der Waals surface area contributed by atoms with Gasteiger partial charge in [0.15, 0.2) is 5.76 Å². The first-order chi connectivity index (χ1) is 14.9. The van der Waals surface area contributed by atoms with Crippen LogP contribution in [-0.2, 0) is 0 Å². The predicted octanol–water partition coefficient (Wildman–Crippen LogP) is 7.32. The number of carbonyl (C=O) groups excluding carboxylic acids is 1. The Morgan fingerprint density at radius 2 is 1.65 bits per heavy atom. The molecule has 2 aromatic carbocycles. The molecular weight excluding hydrogens is 441 g/mol. The molecular formula is C23H13Cl2NO5. The number of nitro benzene ring substituents is 1. The number of furan rings is 2. The number of allylic oxidation sites excluding steroid dienone is 1. The van der Waals surface area contributed by atoms with E-state index in [4.69, 9.17) is 32.0 Å². The molecule has 0 saturated heterocycles. The number of ketones is 1. The molecule has 0 amide bonds. The number of nitro groups is 1. The van der Waals surface area contributed by atoms with Crippen LogP contribution in [0.5, 0.6) is 0 Å². The molecule has 6 nitrogen and oxygen atoms in total. The molecule has 0 atom stereocenters. The van der Waals surface area contributed by atoms with Gasteiger partial charge in [0.05, 0.1) is 15.5 Å². The van der Waals surface area contributed by atoms with E-state index >= 15 is 0 Å². The van der Waals surface area contributed by atoms with Crippen LogP contribution in [0.3, 0.4) is 0 Å². The van der Waals surface area contributed by atoms with Crippen LogP contribution in [0.4, 0.5) is 5.69 Å². The highest BCUT2D eigenvalue weighted by Crippen LogP contribution is 2.33. The van der Waals surface area contributed by atoms with Crippen molar-refractivity contribution in [1.82, 2.24) is 0 Å². The molecule has 0 saturated carbocycles. The normalized spacial score (nSPS) is 11.2. The predicted molar refractivity (Wildman–Crippen MR) is 118 cm³/mol. The second-order valence-corrected chi connectivity index (χ2v) is 7.31. The average Bonchev–Trinajstić information content (AvgIpc) is 3.42. The Morgan fingerprint density at radius 1 is 0.903 bits per heavy atom. The van der Waals surface area contributed by atoms with Gasteiger partial charge < -0.3 is 8.83 Å². The maximum Gasteiger partial charge on any atom is 0.280 e. The van der Waals surface area contributed by atoms with Crippen LogP contribution in [0.25, 0.3) is 28.7 Å². The third-order valence-electron chi connectivity index (χ3n) is 4.44. The van der Waals surface area contributed by atoms with Crippen LogP contribution in [0.1, 0.15) is 16.3 Å². The van der Waals surface area contributed by atoms with Crippen molar-refractivity contribution in [3.63, 3.8) is 0 Å². The van der Waals surface area contributed by atoms with Gasteiger partial charge in [-0.05, 0) is 60.7 Å². The van der Waals surface area contributed by atoms with Crippen molar-refractivity contribution in [3.05, 3.63) is 104 Å². The molecule has 2 heterocycles. The fraction of sp³-hybridized carbons (Fsp3) is 0. The molecule has 2 aromatic heterocycles. The van der Waals surface area contributed by atoms with Gasteiger partial charge >= 0.3 is 0 Å². The summed E-state index contributed by atoms with van der Waals surface area (Å²) in [6, 6.07) is 17.7. The van der Waals surface area contributed by atoms with E-state index in [0.717, 1.165) is 0 Å². The molecule has 8 heteroatoms. The molecule has 4 aromatic rings. The Morgan fingerprint density at radius 3 is 2.42 bits per heavy atom. The van der Waals surface area contributed by atoms with Gasteiger partial charge in [-0.3, -0.25) is 14.9 Å². The summed E-state index contributed by atoms with van der Waals surface area (Å²) >= 11 is 12.1. The Bertz CT molecular complexity index is 1320. The number of hydrogen-bond donors (Lipinski definition) is 0. The molecule has 0 N–H and O–H groups in total. The van der Waals surface area contributed by atoms with Crippen LogP contribution in [0, 0.1) is 10.1 Å². The summed E-state index contributed by atoms with van der Waals surface area (Å²) in [6.45, 7) is 0. The minimum Gasteiger partial charge on any atom is -0.456 e. The summed E-state index contributed by atoms with van der Waals surface area (Å²) in [5, 5.41) is 12.1. The lowest BCUT2D eigenvalue weighted by molar-refractivity contribution is -0.384. The lowest BCUT2D eigenvalue weighted by atomic mass is 10.1. The maximum absolute atomic E-state index is 12.5. The van der Waals surface area contributed by atoms with Gasteiger partial charge in [0.25, 0.3) is 5.69 Å². The third kappa shape index (κ3) is 4.45. The quantitative estimate of drug-likeness (QED) is 0.132. The van der Waals surface area contributed by atoms with Crippen LogP contribution >= 0.6 is 23.2 Å². The van der Waals surface area contributed by atoms with Gasteiger partial charge in [-0.25, -0.2) is 0 Å². The first-order valence-electron chi connectivity index (χ1n) is 9.03. The zero-order valence-electron chi connectivity index (χ0n) is 15.7. The molecule has 0 aliphatic heterocycles. The minimum atomic E-state index is -0.474. The second-order valence-electron chi connectivity index (χ2n) is 6.46. The molecule has 0 aliphatic rings. The van der Waals surface area contributed by atoms with Crippen molar-refractivity contribution < 1.29 is 18.6 Å². The number of nitrogens with zero attached hydrogens (tertiary/aromatic N) is 1. The molecule has 4 rings (SSSR count). The number of halogens is 2. The number of rotatable bonds is 6. The second kappa shape index (κ2) is 8.63. The van der Waals surface area contributed by atoms with Crippen molar-refractivity contribution in [1.29, 1.82) is 0 Å². The summed E-state index contributed by atoms with van der Waals surface area (Å²) in [7, 11) is 0. The van der Waals surface area contributed by atoms with Crippen LogP contribution in [0.15, 0.2) is 81.6 Å². The van der Waals surface area contributed by atoms with E-state index in [-0.39, 0.29) is 17.2 Å². The Kier molecular flexibility index (Phi) is 5.75. The maximum atomic E-state index is 12.5. The Hall–Kier alpha value is -3.61. The van der Waals surface area contributed by atoms with Crippen LogP contribution in [-0.4, -0.2) is 10.7 Å². The van der Waals surface area contributed by atoms with Crippen LogP contribution < -0.4 is 0 Å². The van der Waals surface area contributed by atoms with E-state index in [1.54, 1.807) is 60.7 Å². The third-order valence-corrected chi connectivity index (χ3v) is 4.99. The molecule has 0 aliphatic carbocycles. The number of hydrogen-bond acceptors (Lipinski definition) is 5.